The van der Waals surface area contributed by atoms with Gasteiger partial charge in [-0.2, -0.15) is 0 Å². The van der Waals surface area contributed by atoms with E-state index >= 15 is 0 Å². The molecular weight excluding hydrogens is 386 g/mol. The number of hydrogen-bond acceptors (Lipinski definition) is 3. The number of carbonyl (C=O) groups is 2. The van der Waals surface area contributed by atoms with Crippen LogP contribution in [0.3, 0.4) is 0 Å². The van der Waals surface area contributed by atoms with Crippen molar-refractivity contribution in [2.45, 2.75) is 32.6 Å². The molecular formula is C27H27NO3. The molecule has 2 bridgehead atoms. The highest BCUT2D eigenvalue weighted by Crippen LogP contribution is 2.65. The number of carbonyl (C=O) groups excluding carboxylic acids is 2. The van der Waals surface area contributed by atoms with E-state index in [1.54, 1.807) is 0 Å². The minimum atomic E-state index is -0.163. The molecule has 1 aliphatic heterocycles. The molecule has 4 aliphatic carbocycles. The van der Waals surface area contributed by atoms with E-state index < -0.39 is 0 Å². The zero-order chi connectivity index (χ0) is 21.5. The maximum absolute atomic E-state index is 13.2. The Morgan fingerprint density at radius 1 is 0.774 bits per heavy atom. The molecule has 0 aromatic heterocycles. The second-order valence-electron chi connectivity index (χ2n) is 10.5. The molecule has 1 heterocycles. The van der Waals surface area contributed by atoms with Crippen LogP contribution in [0.25, 0.3) is 0 Å². The van der Waals surface area contributed by atoms with Crippen LogP contribution < -0.4 is 9.64 Å². The Bertz CT molecular complexity index is 1060. The Kier molecular flexibility index (Phi) is 3.84. The van der Waals surface area contributed by atoms with E-state index in [9.17, 15) is 9.59 Å². The van der Waals surface area contributed by atoms with Crippen LogP contribution in [0.2, 0.25) is 0 Å². The molecule has 2 aromatic carbocycles. The number of imide groups is 1. The maximum atomic E-state index is 13.2. The Hall–Kier alpha value is -2.88. The average molecular weight is 414 g/mol. The van der Waals surface area contributed by atoms with Gasteiger partial charge in [-0.15, -0.1) is 0 Å². The summed E-state index contributed by atoms with van der Waals surface area (Å²) in [6.07, 6.45) is 5.59. The van der Waals surface area contributed by atoms with Gasteiger partial charge in [-0.25, -0.2) is 0 Å². The molecule has 6 atom stereocenters. The topological polar surface area (TPSA) is 46.6 Å². The first-order valence-corrected chi connectivity index (χ1v) is 11.3. The second-order valence-corrected chi connectivity index (χ2v) is 10.5. The summed E-state index contributed by atoms with van der Waals surface area (Å²) >= 11 is 0. The van der Waals surface area contributed by atoms with Gasteiger partial charge >= 0.3 is 0 Å². The minimum Gasteiger partial charge on any atom is -0.457 e. The van der Waals surface area contributed by atoms with Crippen molar-refractivity contribution in [3.05, 3.63) is 66.2 Å². The van der Waals surface area contributed by atoms with E-state index in [4.69, 9.17) is 4.74 Å². The predicted octanol–water partition coefficient (Wildman–Crippen LogP) is 5.33. The highest BCUT2D eigenvalue weighted by atomic mass is 16.5. The number of anilines is 1. The Labute approximate surface area is 182 Å². The summed E-state index contributed by atoms with van der Waals surface area (Å²) in [5, 5.41) is 0. The van der Waals surface area contributed by atoms with Crippen molar-refractivity contribution >= 4 is 17.5 Å². The normalized spacial score (nSPS) is 32.8. The third-order valence-electron chi connectivity index (χ3n) is 7.71. The van der Waals surface area contributed by atoms with Gasteiger partial charge in [0.15, 0.2) is 0 Å². The summed E-state index contributed by atoms with van der Waals surface area (Å²) in [5.41, 5.74) is 2.00. The molecule has 2 amide bonds. The molecule has 4 heteroatoms. The first-order valence-electron chi connectivity index (χ1n) is 11.3. The van der Waals surface area contributed by atoms with Gasteiger partial charge in [0, 0.05) is 0 Å². The molecule has 1 saturated heterocycles. The molecule has 31 heavy (non-hydrogen) atoms. The van der Waals surface area contributed by atoms with Gasteiger partial charge < -0.3 is 4.74 Å². The van der Waals surface area contributed by atoms with Crippen LogP contribution in [0.5, 0.6) is 11.5 Å². The molecule has 5 aliphatic rings. The van der Waals surface area contributed by atoms with E-state index in [0.29, 0.717) is 23.3 Å². The second kappa shape index (κ2) is 6.32. The van der Waals surface area contributed by atoms with Crippen molar-refractivity contribution in [2.24, 2.45) is 35.5 Å². The highest BCUT2D eigenvalue weighted by Gasteiger charge is 2.67. The van der Waals surface area contributed by atoms with Crippen LogP contribution in [0, 0.1) is 35.5 Å². The number of hydrogen-bond donors (Lipinski definition) is 0. The lowest BCUT2D eigenvalue weighted by Crippen LogP contribution is -2.40. The van der Waals surface area contributed by atoms with Crippen molar-refractivity contribution in [3.63, 3.8) is 0 Å². The average Bonchev–Trinajstić information content (AvgIpc) is 3.52. The molecule has 3 fully saturated rings. The highest BCUT2D eigenvalue weighted by molar-refractivity contribution is 6.22. The van der Waals surface area contributed by atoms with Gasteiger partial charge in [-0.05, 0) is 77.5 Å². The molecule has 7 rings (SSSR count). The molecule has 0 radical (unpaired) electrons. The van der Waals surface area contributed by atoms with Crippen LogP contribution in [0.4, 0.5) is 5.69 Å². The van der Waals surface area contributed by atoms with Crippen LogP contribution in [-0.4, -0.2) is 11.8 Å². The summed E-state index contributed by atoms with van der Waals surface area (Å²) < 4.78 is 5.98. The Morgan fingerprint density at radius 3 is 1.74 bits per heavy atom. The zero-order valence-electron chi connectivity index (χ0n) is 18.1. The Balaban J connectivity index is 1.21. The maximum Gasteiger partial charge on any atom is 0.238 e. The summed E-state index contributed by atoms with van der Waals surface area (Å²) in [6.45, 7) is 6.55. The van der Waals surface area contributed by atoms with Gasteiger partial charge in [0.1, 0.15) is 11.5 Å². The quantitative estimate of drug-likeness (QED) is 0.504. The molecule has 0 unspecified atom stereocenters. The summed E-state index contributed by atoms with van der Waals surface area (Å²) in [6, 6.07) is 15.4. The summed E-state index contributed by atoms with van der Waals surface area (Å²) in [7, 11) is 0. The van der Waals surface area contributed by atoms with Crippen LogP contribution in [0.1, 0.15) is 32.8 Å². The van der Waals surface area contributed by atoms with Crippen LogP contribution in [0.15, 0.2) is 60.7 Å². The van der Waals surface area contributed by atoms with E-state index in [1.807, 2.05) is 36.4 Å². The van der Waals surface area contributed by atoms with Gasteiger partial charge in [0.05, 0.1) is 17.5 Å². The van der Waals surface area contributed by atoms with E-state index in [-0.39, 0.29) is 40.9 Å². The van der Waals surface area contributed by atoms with Crippen molar-refractivity contribution in [3.8, 4) is 11.5 Å². The molecule has 158 valence electrons. The fourth-order valence-electron chi connectivity index (χ4n) is 6.03. The number of rotatable bonds is 3. The number of nitrogens with zero attached hydrogens (tertiary/aromatic N) is 1. The number of allylic oxidation sites excluding steroid dienone is 2. The Morgan fingerprint density at radius 2 is 1.26 bits per heavy atom. The van der Waals surface area contributed by atoms with Crippen molar-refractivity contribution in [1.82, 2.24) is 0 Å². The largest absolute Gasteiger partial charge is 0.457 e. The molecule has 4 nitrogen and oxygen atoms in total. The van der Waals surface area contributed by atoms with Crippen LogP contribution >= 0.6 is 0 Å². The smallest absolute Gasteiger partial charge is 0.238 e. The number of amides is 2. The number of ether oxygens (including phenoxy) is 1. The fraction of sp³-hybridized carbons (Fsp3) is 0.407. The van der Waals surface area contributed by atoms with Gasteiger partial charge in [0.2, 0.25) is 11.8 Å². The monoisotopic (exact) mass is 413 g/mol. The molecule has 0 spiro atoms. The van der Waals surface area contributed by atoms with Crippen molar-refractivity contribution < 1.29 is 14.3 Å². The molecule has 2 saturated carbocycles. The lowest BCUT2D eigenvalue weighted by atomic mass is 9.63. The summed E-state index contributed by atoms with van der Waals surface area (Å²) in [4.78, 5) is 27.9. The van der Waals surface area contributed by atoms with Crippen molar-refractivity contribution in [2.75, 3.05) is 4.90 Å². The van der Waals surface area contributed by atoms with Gasteiger partial charge in [0.25, 0.3) is 0 Å². The standard InChI is InChI=1S/C27H27NO3/c1-27(2,3)15-4-8-17(9-5-15)31-18-10-6-16(7-11-18)28-25(29)23-19-12-13-20(22-14-21(19)22)24(23)26(28)30/h4-13,19-24H,14H2,1-3H3/t19-,20-,21-,22+,23-,24+/m0/s1. The minimum absolute atomic E-state index is 0.0221. The predicted molar refractivity (Wildman–Crippen MR) is 119 cm³/mol. The first kappa shape index (κ1) is 18.9. The third-order valence-corrected chi connectivity index (χ3v) is 7.71. The molecule has 0 N–H and O–H groups in total. The fourth-order valence-corrected chi connectivity index (χ4v) is 6.03. The summed E-state index contributed by atoms with van der Waals surface area (Å²) in [5.74, 6) is 2.82. The molecule has 2 aromatic rings. The van der Waals surface area contributed by atoms with Crippen molar-refractivity contribution in [1.29, 1.82) is 0 Å². The van der Waals surface area contributed by atoms with Gasteiger partial charge in [-0.1, -0.05) is 45.1 Å². The van der Waals surface area contributed by atoms with E-state index in [2.05, 4.69) is 45.1 Å². The van der Waals surface area contributed by atoms with E-state index in [0.717, 1.165) is 5.75 Å². The SMILES string of the molecule is CC(C)(C)c1ccc(Oc2ccc(N3C(=O)[C@@H]4[C@H]5C=C[C@@H]([C@@H]6C[C@H]56)[C@@H]4C3=O)cc2)cc1. The van der Waals surface area contributed by atoms with Crippen LogP contribution in [-0.2, 0) is 15.0 Å². The zero-order valence-corrected chi connectivity index (χ0v) is 18.1. The van der Waals surface area contributed by atoms with E-state index in [1.165, 1.54) is 16.9 Å². The first-order chi connectivity index (χ1) is 14.8. The number of benzene rings is 2. The lowest BCUT2D eigenvalue weighted by molar-refractivity contribution is -0.124. The lowest BCUT2D eigenvalue weighted by Gasteiger charge is -2.37. The van der Waals surface area contributed by atoms with Gasteiger partial charge in [-0.3, -0.25) is 14.5 Å². The third kappa shape index (κ3) is 2.80.